The summed E-state index contributed by atoms with van der Waals surface area (Å²) in [5.74, 6) is 0. The molecule has 414 valence electrons. The van der Waals surface area contributed by atoms with Gasteiger partial charge in [-0.1, -0.05) is 237 Å². The Labute approximate surface area is 521 Å². The quantitative estimate of drug-likeness (QED) is 0.172. The minimum absolute atomic E-state index is 0.475. The van der Waals surface area contributed by atoms with E-state index in [1.165, 1.54) is 160 Å². The van der Waals surface area contributed by atoms with Gasteiger partial charge < -0.3 is 0 Å². The Morgan fingerprint density at radius 3 is 1.10 bits per heavy atom. The first kappa shape index (κ1) is 49.5. The number of fused-ring (bicyclic) bond motifs is 26. The zero-order valence-corrected chi connectivity index (χ0v) is 48.9. The van der Waals surface area contributed by atoms with Crippen molar-refractivity contribution < 1.29 is 0 Å². The third-order valence-electron chi connectivity index (χ3n) is 20.8. The molecule has 0 atom stereocenters. The number of pyridine rings is 2. The van der Waals surface area contributed by atoms with Crippen LogP contribution in [0.15, 0.2) is 316 Å². The Balaban J connectivity index is 0.688. The monoisotopic (exact) mass is 1140 g/mol. The van der Waals surface area contributed by atoms with E-state index in [9.17, 15) is 0 Å². The highest BCUT2D eigenvalue weighted by Crippen LogP contribution is 2.67. The lowest BCUT2D eigenvalue weighted by Crippen LogP contribution is -2.26. The Kier molecular flexibility index (Phi) is 10.2. The fraction of sp³-hybridized carbons (Fsp3) is 0.0227. The normalized spacial score (nSPS) is 13.7. The minimum Gasteiger partial charge on any atom is -0.265 e. The van der Waals surface area contributed by atoms with Crippen molar-refractivity contribution in [2.24, 2.45) is 0 Å². The van der Waals surface area contributed by atoms with Gasteiger partial charge in [-0.3, -0.25) is 9.97 Å². The number of aromatic nitrogens is 2. The molecule has 0 aliphatic heterocycles. The maximum atomic E-state index is 5.21. The standard InChI is InChI=1S/C88H52N2/c1-2-16-59-48-80-74(46-58(59)15-1)85-70-23-5-3-17-64(70)73(51-82(85)87(80)76-25-11-7-19-66(76)67-20-8-12-26-77(67)87)56-33-35-57(36-34-56)84-40-39-62(52-90-84)60-37-38-61-49-81-75(47-63(61)45-60)86-71-24-6-4-18-65(71)72(55-31-29-53(30-32-55)54-41-43-89-44-42-54)50-83(86)88(81)78-27-13-9-21-68(78)69-22-10-14-28-79(69)88/h1-52H. The molecule has 0 saturated carbocycles. The summed E-state index contributed by atoms with van der Waals surface area (Å²) >= 11 is 0. The van der Waals surface area contributed by atoms with Crippen LogP contribution >= 0.6 is 0 Å². The molecule has 2 spiro atoms. The van der Waals surface area contributed by atoms with Crippen molar-refractivity contribution in [2.75, 3.05) is 0 Å². The fourth-order valence-corrected chi connectivity index (χ4v) is 17.0. The summed E-state index contributed by atoms with van der Waals surface area (Å²) in [4.78, 5) is 9.48. The lowest BCUT2D eigenvalue weighted by Gasteiger charge is -2.31. The highest BCUT2D eigenvalue weighted by molar-refractivity contribution is 6.15. The zero-order valence-electron chi connectivity index (χ0n) is 48.9. The molecule has 14 aromatic carbocycles. The summed E-state index contributed by atoms with van der Waals surface area (Å²) in [7, 11) is 0. The third kappa shape index (κ3) is 6.61. The molecule has 0 radical (unpaired) electrons. The Bertz CT molecular complexity index is 5670. The van der Waals surface area contributed by atoms with E-state index in [-0.39, 0.29) is 0 Å². The first-order chi connectivity index (χ1) is 44.6. The minimum atomic E-state index is -0.520. The van der Waals surface area contributed by atoms with Crippen molar-refractivity contribution >= 4 is 43.1 Å². The van der Waals surface area contributed by atoms with Crippen LogP contribution in [0.1, 0.15) is 44.5 Å². The molecule has 16 aromatic rings. The molecule has 2 heterocycles. The van der Waals surface area contributed by atoms with E-state index >= 15 is 0 Å². The summed E-state index contributed by atoms with van der Waals surface area (Å²) in [6.45, 7) is 0. The molecular weight excluding hydrogens is 1080 g/mol. The molecule has 90 heavy (non-hydrogen) atoms. The molecule has 0 fully saturated rings. The highest BCUT2D eigenvalue weighted by Gasteiger charge is 2.54. The van der Waals surface area contributed by atoms with Gasteiger partial charge in [-0.25, -0.2) is 0 Å². The number of nitrogens with zero attached hydrogens (tertiary/aromatic N) is 2. The smallest absolute Gasteiger partial charge is 0.0726 e. The van der Waals surface area contributed by atoms with Crippen LogP contribution in [0.3, 0.4) is 0 Å². The second kappa shape index (κ2) is 18.5. The topological polar surface area (TPSA) is 25.8 Å². The van der Waals surface area contributed by atoms with E-state index in [1.807, 2.05) is 12.4 Å². The predicted molar refractivity (Wildman–Crippen MR) is 372 cm³/mol. The molecule has 0 N–H and O–H groups in total. The SMILES string of the molecule is c1ccc2c(c1)-c1ccccc1C21c2cc3ccccc3cc2-c2c1cc(-c1ccc(-c3ccc(-c4ccc5cc6c(cc5c4)-c4c(cc(-c5ccc(-c7ccncc7)cc5)c5ccccc45)C64c5ccccc5-c5ccccc54)cn3)cc1)c1ccccc21. The zero-order chi connectivity index (χ0) is 58.8. The third-order valence-corrected chi connectivity index (χ3v) is 20.8. The lowest BCUT2D eigenvalue weighted by molar-refractivity contribution is 0.796. The number of hydrogen-bond donors (Lipinski definition) is 0. The van der Waals surface area contributed by atoms with Crippen molar-refractivity contribution in [2.45, 2.75) is 10.8 Å². The van der Waals surface area contributed by atoms with E-state index in [0.717, 1.165) is 27.9 Å². The second-order valence-corrected chi connectivity index (χ2v) is 25.0. The van der Waals surface area contributed by atoms with Gasteiger partial charge in [-0.2, -0.15) is 0 Å². The maximum absolute atomic E-state index is 5.21. The van der Waals surface area contributed by atoms with Crippen molar-refractivity contribution in [1.29, 1.82) is 0 Å². The Hall–Kier alpha value is -11.6. The molecular formula is C88H52N2. The fourth-order valence-electron chi connectivity index (χ4n) is 17.0. The van der Waals surface area contributed by atoms with Gasteiger partial charge in [0.25, 0.3) is 0 Å². The summed E-state index contributed by atoms with van der Waals surface area (Å²) in [6, 6.07) is 112. The first-order valence-corrected chi connectivity index (χ1v) is 31.3. The van der Waals surface area contributed by atoms with E-state index < -0.39 is 10.8 Å². The van der Waals surface area contributed by atoms with E-state index in [0.29, 0.717) is 0 Å². The number of benzene rings is 14. The molecule has 0 bridgehead atoms. The van der Waals surface area contributed by atoms with Crippen LogP contribution in [0, 0.1) is 0 Å². The molecule has 4 aliphatic carbocycles. The molecule has 2 aromatic heterocycles. The molecule has 0 amide bonds. The summed E-state index contributed by atoms with van der Waals surface area (Å²) in [5.41, 5.74) is 31.7. The molecule has 0 unspecified atom stereocenters. The van der Waals surface area contributed by atoms with Crippen molar-refractivity contribution in [3.63, 3.8) is 0 Å². The van der Waals surface area contributed by atoms with E-state index in [4.69, 9.17) is 4.98 Å². The molecule has 4 aliphatic rings. The van der Waals surface area contributed by atoms with Crippen LogP contribution in [-0.2, 0) is 10.8 Å². The van der Waals surface area contributed by atoms with E-state index in [1.54, 1.807) is 0 Å². The molecule has 2 nitrogen and oxygen atoms in total. The van der Waals surface area contributed by atoms with Crippen molar-refractivity contribution in [1.82, 2.24) is 9.97 Å². The lowest BCUT2D eigenvalue weighted by atomic mass is 9.69. The largest absolute Gasteiger partial charge is 0.265 e. The second-order valence-electron chi connectivity index (χ2n) is 25.0. The molecule has 20 rings (SSSR count). The van der Waals surface area contributed by atoms with Crippen LogP contribution < -0.4 is 0 Å². The number of rotatable bonds is 5. The van der Waals surface area contributed by atoms with Crippen LogP contribution in [-0.4, -0.2) is 9.97 Å². The maximum Gasteiger partial charge on any atom is 0.0726 e. The molecule has 0 saturated heterocycles. The van der Waals surface area contributed by atoms with Crippen LogP contribution in [0.2, 0.25) is 0 Å². The van der Waals surface area contributed by atoms with Gasteiger partial charge >= 0.3 is 0 Å². The van der Waals surface area contributed by atoms with Crippen LogP contribution in [0.4, 0.5) is 0 Å². The summed E-state index contributed by atoms with van der Waals surface area (Å²) in [6.07, 6.45) is 5.78. The number of hydrogen-bond acceptors (Lipinski definition) is 2. The van der Waals surface area contributed by atoms with Crippen molar-refractivity contribution in [3.8, 4) is 100 Å². The van der Waals surface area contributed by atoms with Crippen molar-refractivity contribution in [3.05, 3.63) is 360 Å². The van der Waals surface area contributed by atoms with E-state index in [2.05, 4.69) is 308 Å². The average molecular weight is 1140 g/mol. The molecule has 2 heteroatoms. The Morgan fingerprint density at radius 2 is 0.600 bits per heavy atom. The highest BCUT2D eigenvalue weighted by atomic mass is 14.7. The van der Waals surface area contributed by atoms with Gasteiger partial charge in [0.05, 0.1) is 16.5 Å². The average Bonchev–Trinajstić information content (AvgIpc) is 1.51. The van der Waals surface area contributed by atoms with Gasteiger partial charge in [0.15, 0.2) is 0 Å². The predicted octanol–water partition coefficient (Wildman–Crippen LogP) is 22.1. The summed E-state index contributed by atoms with van der Waals surface area (Å²) < 4.78 is 0. The van der Waals surface area contributed by atoms with Gasteiger partial charge in [0.2, 0.25) is 0 Å². The van der Waals surface area contributed by atoms with Crippen LogP contribution in [0.25, 0.3) is 143 Å². The first-order valence-electron chi connectivity index (χ1n) is 31.3. The van der Waals surface area contributed by atoms with Gasteiger partial charge in [-0.15, -0.1) is 0 Å². The van der Waals surface area contributed by atoms with Gasteiger partial charge in [-0.05, 0) is 232 Å². The Morgan fingerprint density at radius 1 is 0.211 bits per heavy atom. The summed E-state index contributed by atoms with van der Waals surface area (Å²) in [5, 5.41) is 9.99. The van der Waals surface area contributed by atoms with Crippen LogP contribution in [0.5, 0.6) is 0 Å². The van der Waals surface area contributed by atoms with Gasteiger partial charge in [0, 0.05) is 29.7 Å². The van der Waals surface area contributed by atoms with Gasteiger partial charge in [0.1, 0.15) is 0 Å².